The largest absolute Gasteiger partial charge is 0.494 e. The average molecular weight is 432 g/mol. The van der Waals surface area contributed by atoms with Crippen LogP contribution in [0.15, 0.2) is 66.9 Å². The van der Waals surface area contributed by atoms with E-state index in [2.05, 4.69) is 24.0 Å². The standard InChI is InChI=1S/C25H25N3O2S/c1-3-18-10-13-22-23(15-18)31-25(27-22)28(17-20-7-5-6-14-26-20)24(29)16-19-8-11-21(12-9-19)30-4-2/h5-15H,3-4,16-17H2,1-2H3. The van der Waals surface area contributed by atoms with Crippen LogP contribution in [0.1, 0.15) is 30.7 Å². The molecule has 4 rings (SSSR count). The summed E-state index contributed by atoms with van der Waals surface area (Å²) < 4.78 is 6.59. The third-order valence-electron chi connectivity index (χ3n) is 5.02. The second-order valence-corrected chi connectivity index (χ2v) is 8.22. The molecule has 0 fully saturated rings. The fourth-order valence-corrected chi connectivity index (χ4v) is 4.39. The number of anilines is 1. The molecule has 2 aromatic carbocycles. The highest BCUT2D eigenvalue weighted by Crippen LogP contribution is 2.31. The second kappa shape index (κ2) is 9.71. The Labute approximate surface area is 186 Å². The molecule has 0 radical (unpaired) electrons. The zero-order valence-corrected chi connectivity index (χ0v) is 18.6. The van der Waals surface area contributed by atoms with Crippen LogP contribution in [0.4, 0.5) is 5.13 Å². The number of amides is 1. The minimum Gasteiger partial charge on any atom is -0.494 e. The van der Waals surface area contributed by atoms with Gasteiger partial charge in [-0.15, -0.1) is 0 Å². The number of pyridine rings is 1. The van der Waals surface area contributed by atoms with Crippen molar-refractivity contribution in [2.75, 3.05) is 11.5 Å². The molecule has 0 N–H and O–H groups in total. The lowest BCUT2D eigenvalue weighted by Crippen LogP contribution is -2.32. The summed E-state index contributed by atoms with van der Waals surface area (Å²) in [4.78, 5) is 24.3. The molecule has 4 aromatic rings. The van der Waals surface area contributed by atoms with E-state index in [1.54, 1.807) is 22.4 Å². The quantitative estimate of drug-likeness (QED) is 0.373. The minimum atomic E-state index is -0.00964. The first-order valence-electron chi connectivity index (χ1n) is 10.5. The summed E-state index contributed by atoms with van der Waals surface area (Å²) in [5.41, 5.74) is 3.95. The highest BCUT2D eigenvalue weighted by atomic mass is 32.1. The van der Waals surface area contributed by atoms with Crippen molar-refractivity contribution in [3.8, 4) is 5.75 Å². The monoisotopic (exact) mass is 431 g/mol. The van der Waals surface area contributed by atoms with Crippen molar-refractivity contribution < 1.29 is 9.53 Å². The lowest BCUT2D eigenvalue weighted by atomic mass is 10.1. The number of hydrogen-bond donors (Lipinski definition) is 0. The zero-order chi connectivity index (χ0) is 21.6. The smallest absolute Gasteiger partial charge is 0.233 e. The Morgan fingerprint density at radius 2 is 1.84 bits per heavy atom. The number of benzene rings is 2. The van der Waals surface area contributed by atoms with Crippen LogP contribution in [-0.4, -0.2) is 22.5 Å². The van der Waals surface area contributed by atoms with Gasteiger partial charge in [-0.3, -0.25) is 14.7 Å². The number of rotatable bonds is 8. The molecule has 2 heterocycles. The Kier molecular flexibility index (Phi) is 6.57. The van der Waals surface area contributed by atoms with Gasteiger partial charge < -0.3 is 4.74 Å². The van der Waals surface area contributed by atoms with Gasteiger partial charge in [0.15, 0.2) is 5.13 Å². The Bertz CT molecular complexity index is 1160. The van der Waals surface area contributed by atoms with E-state index in [4.69, 9.17) is 9.72 Å². The Hall–Kier alpha value is -3.25. The number of ether oxygens (including phenoxy) is 1. The molecular formula is C25H25N3O2S. The predicted octanol–water partition coefficient (Wildman–Crippen LogP) is 5.43. The van der Waals surface area contributed by atoms with Gasteiger partial charge in [0.05, 0.1) is 35.5 Å². The average Bonchev–Trinajstić information content (AvgIpc) is 3.22. The summed E-state index contributed by atoms with van der Waals surface area (Å²) in [5, 5.41) is 0.699. The zero-order valence-electron chi connectivity index (χ0n) is 17.7. The van der Waals surface area contributed by atoms with E-state index in [1.165, 1.54) is 5.56 Å². The third-order valence-corrected chi connectivity index (χ3v) is 6.06. The highest BCUT2D eigenvalue weighted by Gasteiger charge is 2.21. The van der Waals surface area contributed by atoms with Crippen molar-refractivity contribution in [2.24, 2.45) is 0 Å². The lowest BCUT2D eigenvalue weighted by molar-refractivity contribution is -0.118. The molecule has 0 aliphatic rings. The first kappa shape index (κ1) is 21.0. The Balaban J connectivity index is 1.62. The SMILES string of the molecule is CCOc1ccc(CC(=O)N(Cc2ccccn2)c2nc3ccc(CC)cc3s2)cc1. The molecule has 6 heteroatoms. The topological polar surface area (TPSA) is 55.3 Å². The first-order chi connectivity index (χ1) is 15.2. The van der Waals surface area contributed by atoms with E-state index in [9.17, 15) is 4.79 Å². The maximum absolute atomic E-state index is 13.4. The summed E-state index contributed by atoms with van der Waals surface area (Å²) in [6.45, 7) is 5.09. The maximum Gasteiger partial charge on any atom is 0.233 e. The van der Waals surface area contributed by atoms with Crippen LogP contribution >= 0.6 is 11.3 Å². The van der Waals surface area contributed by atoms with E-state index >= 15 is 0 Å². The molecule has 0 aliphatic heterocycles. The van der Waals surface area contributed by atoms with Crippen LogP contribution in [-0.2, 0) is 24.2 Å². The molecule has 0 spiro atoms. The molecule has 0 saturated carbocycles. The second-order valence-electron chi connectivity index (χ2n) is 7.21. The van der Waals surface area contributed by atoms with Crippen molar-refractivity contribution >= 4 is 32.6 Å². The number of nitrogens with zero attached hydrogens (tertiary/aromatic N) is 3. The van der Waals surface area contributed by atoms with Gasteiger partial charge in [-0.25, -0.2) is 4.98 Å². The molecule has 2 aromatic heterocycles. The Morgan fingerprint density at radius 1 is 1.03 bits per heavy atom. The number of carbonyl (C=O) groups is 1. The van der Waals surface area contributed by atoms with Crippen molar-refractivity contribution in [3.63, 3.8) is 0 Å². The molecule has 31 heavy (non-hydrogen) atoms. The lowest BCUT2D eigenvalue weighted by Gasteiger charge is -2.19. The first-order valence-corrected chi connectivity index (χ1v) is 11.3. The number of thiazole rings is 1. The number of carbonyl (C=O) groups excluding carboxylic acids is 1. The van der Waals surface area contributed by atoms with Crippen molar-refractivity contribution in [3.05, 3.63) is 83.7 Å². The summed E-state index contributed by atoms with van der Waals surface area (Å²) in [6, 6.07) is 19.7. The van der Waals surface area contributed by atoms with Gasteiger partial charge in [-0.05, 0) is 60.9 Å². The van der Waals surface area contributed by atoms with E-state index in [0.717, 1.165) is 33.6 Å². The summed E-state index contributed by atoms with van der Waals surface area (Å²) >= 11 is 1.55. The molecule has 0 aliphatic carbocycles. The van der Waals surface area contributed by atoms with Gasteiger partial charge in [0, 0.05) is 6.20 Å². The van der Waals surface area contributed by atoms with Crippen LogP contribution in [0, 0.1) is 0 Å². The summed E-state index contributed by atoms with van der Waals surface area (Å²) in [7, 11) is 0. The van der Waals surface area contributed by atoms with Gasteiger partial charge >= 0.3 is 0 Å². The van der Waals surface area contributed by atoms with Crippen molar-refractivity contribution in [2.45, 2.75) is 33.2 Å². The van der Waals surface area contributed by atoms with Gasteiger partial charge in [0.1, 0.15) is 5.75 Å². The van der Waals surface area contributed by atoms with Gasteiger partial charge in [-0.1, -0.05) is 42.5 Å². The van der Waals surface area contributed by atoms with Crippen molar-refractivity contribution in [1.29, 1.82) is 0 Å². The number of fused-ring (bicyclic) bond motifs is 1. The van der Waals surface area contributed by atoms with Crippen LogP contribution in [0.25, 0.3) is 10.2 Å². The maximum atomic E-state index is 13.4. The van der Waals surface area contributed by atoms with Crippen LogP contribution in [0.2, 0.25) is 0 Å². The van der Waals surface area contributed by atoms with Crippen molar-refractivity contribution in [1.82, 2.24) is 9.97 Å². The van der Waals surface area contributed by atoms with Crippen LogP contribution in [0.3, 0.4) is 0 Å². The normalized spacial score (nSPS) is 10.9. The minimum absolute atomic E-state index is 0.00964. The van der Waals surface area contributed by atoms with Crippen LogP contribution in [0.5, 0.6) is 5.75 Å². The van der Waals surface area contributed by atoms with E-state index in [0.29, 0.717) is 18.3 Å². The van der Waals surface area contributed by atoms with E-state index < -0.39 is 0 Å². The molecule has 0 bridgehead atoms. The van der Waals surface area contributed by atoms with Gasteiger partial charge in [-0.2, -0.15) is 0 Å². The molecule has 0 atom stereocenters. The third kappa shape index (κ3) is 5.09. The number of aryl methyl sites for hydroxylation is 1. The fraction of sp³-hybridized carbons (Fsp3) is 0.240. The number of hydrogen-bond acceptors (Lipinski definition) is 5. The molecule has 0 unspecified atom stereocenters. The molecule has 158 valence electrons. The van der Waals surface area contributed by atoms with Gasteiger partial charge in [0.25, 0.3) is 0 Å². The van der Waals surface area contributed by atoms with E-state index in [-0.39, 0.29) is 12.3 Å². The molecule has 1 amide bonds. The summed E-state index contributed by atoms with van der Waals surface area (Å²) in [6.07, 6.45) is 3.00. The molecule has 0 saturated heterocycles. The molecule has 5 nitrogen and oxygen atoms in total. The van der Waals surface area contributed by atoms with Crippen LogP contribution < -0.4 is 9.64 Å². The molecular weight excluding hydrogens is 406 g/mol. The Morgan fingerprint density at radius 3 is 2.55 bits per heavy atom. The van der Waals surface area contributed by atoms with Gasteiger partial charge in [0.2, 0.25) is 5.91 Å². The predicted molar refractivity (Wildman–Crippen MR) is 126 cm³/mol. The highest BCUT2D eigenvalue weighted by molar-refractivity contribution is 7.22. The van der Waals surface area contributed by atoms with E-state index in [1.807, 2.05) is 55.5 Å². The fourth-order valence-electron chi connectivity index (χ4n) is 3.35. The number of aromatic nitrogens is 2. The summed E-state index contributed by atoms with van der Waals surface area (Å²) in [5.74, 6) is 0.798.